The molecule has 5 heteroatoms. The zero-order valence-corrected chi connectivity index (χ0v) is 12.4. The number of halogens is 1. The van der Waals surface area contributed by atoms with Gasteiger partial charge in [-0.25, -0.2) is 0 Å². The maximum absolute atomic E-state index is 11.9. The van der Waals surface area contributed by atoms with Gasteiger partial charge in [-0.15, -0.1) is 0 Å². The Hall–Kier alpha value is -2.20. The molecular formula is C16H16ClNO3. The van der Waals surface area contributed by atoms with Crippen LogP contribution in [0.2, 0.25) is 5.02 Å². The number of carbonyl (C=O) groups excluding carboxylic acids is 1. The number of hydrogen-bond donors (Lipinski definition) is 1. The van der Waals surface area contributed by atoms with Crippen LogP contribution >= 0.6 is 11.6 Å². The lowest BCUT2D eigenvalue weighted by Crippen LogP contribution is -2.28. The van der Waals surface area contributed by atoms with Crippen LogP contribution in [0.5, 0.6) is 11.5 Å². The first-order valence-electron chi connectivity index (χ1n) is 6.49. The summed E-state index contributed by atoms with van der Waals surface area (Å²) >= 11 is 5.78. The first-order valence-corrected chi connectivity index (χ1v) is 6.87. The van der Waals surface area contributed by atoms with Crippen LogP contribution in [0.4, 0.5) is 0 Å². The van der Waals surface area contributed by atoms with E-state index in [1.165, 1.54) is 0 Å². The minimum Gasteiger partial charge on any atom is -0.497 e. The SMILES string of the molecule is COc1ccc(C(=O)NCCOc2ccc(Cl)cc2)cc1. The molecule has 2 aromatic carbocycles. The molecule has 0 unspecified atom stereocenters. The Morgan fingerprint density at radius 3 is 2.29 bits per heavy atom. The largest absolute Gasteiger partial charge is 0.497 e. The standard InChI is InChI=1S/C16H16ClNO3/c1-20-14-6-2-12(3-7-14)16(19)18-10-11-21-15-8-4-13(17)5-9-15/h2-9H,10-11H2,1H3,(H,18,19). The predicted molar refractivity (Wildman–Crippen MR) is 82.3 cm³/mol. The molecule has 0 heterocycles. The highest BCUT2D eigenvalue weighted by Crippen LogP contribution is 2.15. The second-order valence-corrected chi connectivity index (χ2v) is 4.72. The van der Waals surface area contributed by atoms with E-state index in [1.54, 1.807) is 55.6 Å². The molecule has 0 aliphatic heterocycles. The summed E-state index contributed by atoms with van der Waals surface area (Å²) in [7, 11) is 1.59. The van der Waals surface area contributed by atoms with Crippen LogP contribution in [0.25, 0.3) is 0 Å². The molecule has 4 nitrogen and oxygen atoms in total. The molecule has 110 valence electrons. The third-order valence-corrected chi connectivity index (χ3v) is 3.07. The van der Waals surface area contributed by atoms with Crippen LogP contribution in [0.15, 0.2) is 48.5 Å². The van der Waals surface area contributed by atoms with Gasteiger partial charge in [0.25, 0.3) is 5.91 Å². The van der Waals surface area contributed by atoms with E-state index in [-0.39, 0.29) is 5.91 Å². The monoisotopic (exact) mass is 305 g/mol. The van der Waals surface area contributed by atoms with Gasteiger partial charge in [0.15, 0.2) is 0 Å². The summed E-state index contributed by atoms with van der Waals surface area (Å²) in [4.78, 5) is 11.9. The Morgan fingerprint density at radius 2 is 1.67 bits per heavy atom. The van der Waals surface area contributed by atoms with Gasteiger partial charge in [0.05, 0.1) is 13.7 Å². The third-order valence-electron chi connectivity index (χ3n) is 2.82. The van der Waals surface area contributed by atoms with Crippen molar-refractivity contribution in [3.63, 3.8) is 0 Å². The molecule has 0 saturated heterocycles. The predicted octanol–water partition coefficient (Wildman–Crippen LogP) is 3.16. The van der Waals surface area contributed by atoms with Gasteiger partial charge in [-0.2, -0.15) is 0 Å². The fraction of sp³-hybridized carbons (Fsp3) is 0.188. The Balaban J connectivity index is 1.74. The number of hydrogen-bond acceptors (Lipinski definition) is 3. The highest BCUT2D eigenvalue weighted by atomic mass is 35.5. The van der Waals surface area contributed by atoms with Gasteiger partial charge < -0.3 is 14.8 Å². The Labute approximate surface area is 128 Å². The lowest BCUT2D eigenvalue weighted by Gasteiger charge is -2.08. The van der Waals surface area contributed by atoms with Gasteiger partial charge in [-0.05, 0) is 48.5 Å². The van der Waals surface area contributed by atoms with Gasteiger partial charge in [0.2, 0.25) is 0 Å². The van der Waals surface area contributed by atoms with Crippen molar-refractivity contribution in [2.45, 2.75) is 0 Å². The fourth-order valence-corrected chi connectivity index (χ4v) is 1.83. The molecule has 2 rings (SSSR count). The summed E-state index contributed by atoms with van der Waals surface area (Å²) in [5.41, 5.74) is 0.585. The highest BCUT2D eigenvalue weighted by Gasteiger charge is 2.04. The molecule has 21 heavy (non-hydrogen) atoms. The van der Waals surface area contributed by atoms with Crippen molar-refractivity contribution in [1.82, 2.24) is 5.32 Å². The fourth-order valence-electron chi connectivity index (χ4n) is 1.71. The molecule has 1 amide bonds. The molecule has 0 aliphatic carbocycles. The Kier molecular flexibility index (Phi) is 5.46. The molecule has 0 saturated carbocycles. The lowest BCUT2D eigenvalue weighted by molar-refractivity contribution is 0.0947. The number of benzene rings is 2. The highest BCUT2D eigenvalue weighted by molar-refractivity contribution is 6.30. The summed E-state index contributed by atoms with van der Waals surface area (Å²) in [5.74, 6) is 1.30. The van der Waals surface area contributed by atoms with Gasteiger partial charge in [0, 0.05) is 10.6 Å². The normalized spacial score (nSPS) is 10.0. The molecule has 0 fully saturated rings. The minimum atomic E-state index is -0.141. The first-order chi connectivity index (χ1) is 10.2. The van der Waals surface area contributed by atoms with E-state index in [1.807, 2.05) is 0 Å². The van der Waals surface area contributed by atoms with E-state index in [0.29, 0.717) is 23.7 Å². The molecular weight excluding hydrogens is 290 g/mol. The maximum Gasteiger partial charge on any atom is 0.251 e. The average molecular weight is 306 g/mol. The minimum absolute atomic E-state index is 0.141. The zero-order chi connectivity index (χ0) is 15.1. The van der Waals surface area contributed by atoms with Crippen molar-refractivity contribution in [3.05, 3.63) is 59.1 Å². The van der Waals surface area contributed by atoms with E-state index in [2.05, 4.69) is 5.32 Å². The molecule has 0 bridgehead atoms. The van der Waals surface area contributed by atoms with Gasteiger partial charge in [0.1, 0.15) is 18.1 Å². The number of ether oxygens (including phenoxy) is 2. The zero-order valence-electron chi connectivity index (χ0n) is 11.6. The van der Waals surface area contributed by atoms with E-state index in [0.717, 1.165) is 11.5 Å². The van der Waals surface area contributed by atoms with E-state index >= 15 is 0 Å². The van der Waals surface area contributed by atoms with Crippen LogP contribution in [-0.4, -0.2) is 26.2 Å². The van der Waals surface area contributed by atoms with Crippen LogP contribution in [0.3, 0.4) is 0 Å². The van der Waals surface area contributed by atoms with Crippen molar-refractivity contribution >= 4 is 17.5 Å². The van der Waals surface area contributed by atoms with Crippen molar-refractivity contribution < 1.29 is 14.3 Å². The van der Waals surface area contributed by atoms with E-state index < -0.39 is 0 Å². The van der Waals surface area contributed by atoms with Crippen LogP contribution in [0.1, 0.15) is 10.4 Å². The number of nitrogens with one attached hydrogen (secondary N) is 1. The molecule has 0 atom stereocenters. The molecule has 0 radical (unpaired) electrons. The molecule has 0 spiro atoms. The first kappa shape index (κ1) is 15.2. The number of amides is 1. The summed E-state index contributed by atoms with van der Waals surface area (Å²) in [5, 5.41) is 3.45. The topological polar surface area (TPSA) is 47.6 Å². The van der Waals surface area contributed by atoms with Crippen molar-refractivity contribution in [1.29, 1.82) is 0 Å². The summed E-state index contributed by atoms with van der Waals surface area (Å²) < 4.78 is 10.5. The molecule has 2 aromatic rings. The van der Waals surface area contributed by atoms with E-state index in [9.17, 15) is 4.79 Å². The molecule has 0 aromatic heterocycles. The van der Waals surface area contributed by atoms with Crippen LogP contribution in [-0.2, 0) is 0 Å². The second-order valence-electron chi connectivity index (χ2n) is 4.29. The summed E-state index contributed by atoms with van der Waals surface area (Å²) in [6.45, 7) is 0.816. The van der Waals surface area contributed by atoms with Gasteiger partial charge >= 0.3 is 0 Å². The van der Waals surface area contributed by atoms with Gasteiger partial charge in [-0.1, -0.05) is 11.6 Å². The van der Waals surface area contributed by atoms with Crippen LogP contribution < -0.4 is 14.8 Å². The van der Waals surface area contributed by atoms with E-state index in [4.69, 9.17) is 21.1 Å². The van der Waals surface area contributed by atoms with Crippen molar-refractivity contribution in [3.8, 4) is 11.5 Å². The maximum atomic E-state index is 11.9. The van der Waals surface area contributed by atoms with Crippen molar-refractivity contribution in [2.75, 3.05) is 20.3 Å². The van der Waals surface area contributed by atoms with Crippen molar-refractivity contribution in [2.24, 2.45) is 0 Å². The second kappa shape index (κ2) is 7.55. The Bertz CT molecular complexity index is 581. The summed E-state index contributed by atoms with van der Waals surface area (Å²) in [6.07, 6.45) is 0. The number of methoxy groups -OCH3 is 1. The van der Waals surface area contributed by atoms with Gasteiger partial charge in [-0.3, -0.25) is 4.79 Å². The average Bonchev–Trinajstić information content (AvgIpc) is 2.53. The molecule has 0 aliphatic rings. The summed E-state index contributed by atoms with van der Waals surface area (Å²) in [6, 6.07) is 14.0. The number of rotatable bonds is 6. The number of carbonyl (C=O) groups is 1. The molecule has 1 N–H and O–H groups in total. The third kappa shape index (κ3) is 4.68. The lowest BCUT2D eigenvalue weighted by atomic mass is 10.2. The quantitative estimate of drug-likeness (QED) is 0.834. The van der Waals surface area contributed by atoms with Crippen LogP contribution in [0, 0.1) is 0 Å². The smallest absolute Gasteiger partial charge is 0.251 e. The Morgan fingerprint density at radius 1 is 1.05 bits per heavy atom.